The van der Waals surface area contributed by atoms with Gasteiger partial charge >= 0.3 is 0 Å². The molecule has 0 nitrogen and oxygen atoms in total. The van der Waals surface area contributed by atoms with E-state index >= 15 is 0 Å². The molecule has 0 aromatic carbocycles. The van der Waals surface area contributed by atoms with Crippen LogP contribution in [0.4, 0.5) is 13.2 Å². The molecule has 0 unspecified atom stereocenters. The van der Waals surface area contributed by atoms with E-state index in [4.69, 9.17) is 0 Å². The van der Waals surface area contributed by atoms with Gasteiger partial charge in [0.2, 0.25) is 5.92 Å². The molecule has 66 valence electrons. The average molecular weight is 166 g/mol. The monoisotopic (exact) mass is 166 g/mol. The van der Waals surface area contributed by atoms with Gasteiger partial charge in [-0.3, -0.25) is 4.39 Å². The standard InChI is InChI=1S/C8H13F3/c1-6(2)7(5-9)3-8(10,11)4-7/h6H,3-5H2,1-2H3. The van der Waals surface area contributed by atoms with Gasteiger partial charge in [0.25, 0.3) is 0 Å². The second kappa shape index (κ2) is 2.39. The molecular weight excluding hydrogens is 153 g/mol. The minimum atomic E-state index is -2.60. The van der Waals surface area contributed by atoms with Crippen LogP contribution < -0.4 is 0 Å². The number of hydrogen-bond acceptors (Lipinski definition) is 0. The normalized spacial score (nSPS) is 26.7. The van der Waals surface area contributed by atoms with E-state index in [0.29, 0.717) is 0 Å². The third-order valence-electron chi connectivity index (χ3n) is 2.71. The highest BCUT2D eigenvalue weighted by atomic mass is 19.3. The summed E-state index contributed by atoms with van der Waals surface area (Å²) in [5.41, 5.74) is -0.719. The van der Waals surface area contributed by atoms with Gasteiger partial charge in [0, 0.05) is 18.3 Å². The summed E-state index contributed by atoms with van der Waals surface area (Å²) in [6.07, 6.45) is -0.539. The molecule has 0 aromatic heterocycles. The van der Waals surface area contributed by atoms with Gasteiger partial charge in [-0.2, -0.15) is 0 Å². The molecule has 1 rings (SSSR count). The predicted octanol–water partition coefficient (Wildman–Crippen LogP) is 3.03. The first-order valence-corrected chi connectivity index (χ1v) is 3.86. The minimum Gasteiger partial charge on any atom is -0.250 e. The Balaban J connectivity index is 2.57. The Morgan fingerprint density at radius 3 is 1.82 bits per heavy atom. The first-order valence-electron chi connectivity index (χ1n) is 3.86. The van der Waals surface area contributed by atoms with Crippen molar-refractivity contribution in [2.45, 2.75) is 32.6 Å². The summed E-state index contributed by atoms with van der Waals surface area (Å²) in [5, 5.41) is 0. The van der Waals surface area contributed by atoms with Crippen LogP contribution in [-0.2, 0) is 0 Å². The highest BCUT2D eigenvalue weighted by Gasteiger charge is 2.57. The SMILES string of the molecule is CC(C)C1(CF)CC(F)(F)C1. The largest absolute Gasteiger partial charge is 0.250 e. The van der Waals surface area contributed by atoms with Crippen molar-refractivity contribution in [1.29, 1.82) is 0 Å². The van der Waals surface area contributed by atoms with Crippen LogP contribution in [0.25, 0.3) is 0 Å². The molecule has 11 heavy (non-hydrogen) atoms. The van der Waals surface area contributed by atoms with E-state index in [1.807, 2.05) is 0 Å². The van der Waals surface area contributed by atoms with Gasteiger partial charge < -0.3 is 0 Å². The molecule has 0 N–H and O–H groups in total. The topological polar surface area (TPSA) is 0 Å². The maximum absolute atomic E-state index is 12.4. The van der Waals surface area contributed by atoms with Crippen LogP contribution in [0, 0.1) is 11.3 Å². The summed E-state index contributed by atoms with van der Waals surface area (Å²) in [5.74, 6) is -2.58. The van der Waals surface area contributed by atoms with E-state index < -0.39 is 18.0 Å². The van der Waals surface area contributed by atoms with Crippen molar-refractivity contribution in [3.63, 3.8) is 0 Å². The molecule has 0 bridgehead atoms. The van der Waals surface area contributed by atoms with E-state index in [9.17, 15) is 13.2 Å². The Labute approximate surface area is 64.8 Å². The summed E-state index contributed by atoms with van der Waals surface area (Å²) in [7, 11) is 0. The van der Waals surface area contributed by atoms with Crippen molar-refractivity contribution in [1.82, 2.24) is 0 Å². The molecule has 1 fully saturated rings. The van der Waals surface area contributed by atoms with Gasteiger partial charge in [-0.25, -0.2) is 8.78 Å². The van der Waals surface area contributed by atoms with Crippen LogP contribution >= 0.6 is 0 Å². The zero-order chi connectivity index (χ0) is 8.70. The molecule has 0 radical (unpaired) electrons. The lowest BCUT2D eigenvalue weighted by Crippen LogP contribution is -2.50. The second-order valence-corrected chi connectivity index (χ2v) is 3.86. The molecule has 0 atom stereocenters. The molecule has 0 aromatic rings. The van der Waals surface area contributed by atoms with Gasteiger partial charge in [-0.05, 0) is 5.92 Å². The molecule has 0 saturated heterocycles. The highest BCUT2D eigenvalue weighted by Crippen LogP contribution is 2.56. The van der Waals surface area contributed by atoms with Crippen molar-refractivity contribution in [2.24, 2.45) is 11.3 Å². The Morgan fingerprint density at radius 2 is 1.73 bits per heavy atom. The van der Waals surface area contributed by atoms with Gasteiger partial charge in [0.15, 0.2) is 0 Å². The molecule has 3 heteroatoms. The van der Waals surface area contributed by atoms with Crippen LogP contribution in [0.3, 0.4) is 0 Å². The van der Waals surface area contributed by atoms with E-state index in [2.05, 4.69) is 0 Å². The Bertz CT molecular complexity index is 143. The van der Waals surface area contributed by atoms with Crippen molar-refractivity contribution in [2.75, 3.05) is 6.67 Å². The fraction of sp³-hybridized carbons (Fsp3) is 1.00. The Morgan fingerprint density at radius 1 is 1.27 bits per heavy atom. The molecule has 1 saturated carbocycles. The van der Waals surface area contributed by atoms with Crippen molar-refractivity contribution >= 4 is 0 Å². The number of halogens is 3. The first kappa shape index (κ1) is 8.88. The van der Waals surface area contributed by atoms with Gasteiger partial charge in [-0.1, -0.05) is 13.8 Å². The van der Waals surface area contributed by atoms with Crippen molar-refractivity contribution in [3.05, 3.63) is 0 Å². The third-order valence-corrected chi connectivity index (χ3v) is 2.71. The fourth-order valence-electron chi connectivity index (χ4n) is 1.64. The van der Waals surface area contributed by atoms with E-state index in [1.54, 1.807) is 13.8 Å². The smallest absolute Gasteiger partial charge is 0.249 e. The van der Waals surface area contributed by atoms with E-state index in [0.717, 1.165) is 0 Å². The summed E-state index contributed by atoms with van der Waals surface area (Å²) in [6.45, 7) is 2.99. The van der Waals surface area contributed by atoms with Crippen LogP contribution in [0.1, 0.15) is 26.7 Å². The second-order valence-electron chi connectivity index (χ2n) is 3.86. The van der Waals surface area contributed by atoms with Crippen LogP contribution in [0.15, 0.2) is 0 Å². The zero-order valence-corrected chi connectivity index (χ0v) is 6.83. The maximum atomic E-state index is 12.4. The quantitative estimate of drug-likeness (QED) is 0.591. The molecular formula is C8H13F3. The van der Waals surface area contributed by atoms with Crippen LogP contribution in [0.5, 0.6) is 0 Å². The Hall–Kier alpha value is -0.210. The van der Waals surface area contributed by atoms with E-state index in [1.165, 1.54) is 0 Å². The van der Waals surface area contributed by atoms with Crippen molar-refractivity contribution in [3.8, 4) is 0 Å². The summed E-state index contributed by atoms with van der Waals surface area (Å²) >= 11 is 0. The fourth-order valence-corrected chi connectivity index (χ4v) is 1.64. The number of alkyl halides is 3. The van der Waals surface area contributed by atoms with Crippen LogP contribution in [-0.4, -0.2) is 12.6 Å². The minimum absolute atomic E-state index is 0.0205. The summed E-state index contributed by atoms with van der Waals surface area (Å²) in [6, 6.07) is 0. The van der Waals surface area contributed by atoms with E-state index in [-0.39, 0.29) is 18.8 Å². The molecule has 0 heterocycles. The lowest BCUT2D eigenvalue weighted by molar-refractivity contribution is -0.184. The average Bonchev–Trinajstić information content (AvgIpc) is 1.81. The van der Waals surface area contributed by atoms with Crippen LogP contribution in [0.2, 0.25) is 0 Å². The zero-order valence-electron chi connectivity index (χ0n) is 6.83. The molecule has 1 aliphatic carbocycles. The lowest BCUT2D eigenvalue weighted by Gasteiger charge is -2.48. The van der Waals surface area contributed by atoms with Gasteiger partial charge in [0.1, 0.15) is 0 Å². The van der Waals surface area contributed by atoms with Crippen molar-refractivity contribution < 1.29 is 13.2 Å². The maximum Gasteiger partial charge on any atom is 0.249 e. The predicted molar refractivity (Wildman–Crippen MR) is 37.4 cm³/mol. The Kier molecular flexibility index (Phi) is 1.93. The molecule has 0 spiro atoms. The van der Waals surface area contributed by atoms with Gasteiger partial charge in [-0.15, -0.1) is 0 Å². The third kappa shape index (κ3) is 1.37. The number of rotatable bonds is 2. The molecule has 1 aliphatic rings. The molecule has 0 amide bonds. The van der Waals surface area contributed by atoms with Gasteiger partial charge in [0.05, 0.1) is 6.67 Å². The summed E-state index contributed by atoms with van der Waals surface area (Å²) < 4.78 is 37.2. The molecule has 0 aliphatic heterocycles. The highest BCUT2D eigenvalue weighted by molar-refractivity contribution is 5.00. The lowest BCUT2D eigenvalue weighted by atomic mass is 9.61. The number of hydrogen-bond donors (Lipinski definition) is 0. The summed E-state index contributed by atoms with van der Waals surface area (Å²) in [4.78, 5) is 0. The first-order chi connectivity index (χ1) is 4.92.